The van der Waals surface area contributed by atoms with Gasteiger partial charge < -0.3 is 10.1 Å². The van der Waals surface area contributed by atoms with Gasteiger partial charge >= 0.3 is 0 Å². The van der Waals surface area contributed by atoms with Gasteiger partial charge in [0.15, 0.2) is 15.0 Å². The van der Waals surface area contributed by atoms with Gasteiger partial charge in [0.1, 0.15) is 11.5 Å². The van der Waals surface area contributed by atoms with Gasteiger partial charge in [-0.25, -0.2) is 13.4 Å². The van der Waals surface area contributed by atoms with Crippen molar-refractivity contribution in [3.05, 3.63) is 48.0 Å². The maximum atomic E-state index is 12.4. The Bertz CT molecular complexity index is 1040. The second-order valence-electron chi connectivity index (χ2n) is 5.62. The molecule has 0 atom stereocenters. The van der Waals surface area contributed by atoms with Gasteiger partial charge in [-0.1, -0.05) is 30.4 Å². The molecule has 0 saturated heterocycles. The summed E-state index contributed by atoms with van der Waals surface area (Å²) >= 11 is 1.33. The van der Waals surface area contributed by atoms with Crippen molar-refractivity contribution in [2.45, 2.75) is 18.2 Å². The van der Waals surface area contributed by atoms with E-state index in [-0.39, 0.29) is 4.90 Å². The minimum atomic E-state index is -3.74. The van der Waals surface area contributed by atoms with E-state index in [2.05, 4.69) is 10.3 Å². The number of benzene rings is 2. The van der Waals surface area contributed by atoms with Crippen LogP contribution in [0.15, 0.2) is 47.4 Å². The molecule has 6 nitrogen and oxygen atoms in total. The molecule has 0 unspecified atom stereocenters. The largest absolute Gasteiger partial charge is 0.497 e. The van der Waals surface area contributed by atoms with Crippen LogP contribution in [0.25, 0.3) is 10.2 Å². The molecule has 0 radical (unpaired) electrons. The third-order valence-electron chi connectivity index (χ3n) is 3.87. The standard InChI is InChI=1S/C18H18N2O4S2/c1-3-12-5-4-6-15-17(12)20-18(25-15)19-16(21)11-26(22,23)14-9-7-13(24-2)8-10-14/h4-10H,3,11H2,1-2H3,(H,19,20,21). The number of carbonyl (C=O) groups excluding carboxylic acids is 1. The molecule has 1 N–H and O–H groups in total. The molecule has 1 aromatic heterocycles. The number of nitrogens with zero attached hydrogens (tertiary/aromatic N) is 1. The van der Waals surface area contributed by atoms with E-state index in [9.17, 15) is 13.2 Å². The van der Waals surface area contributed by atoms with Crippen LogP contribution < -0.4 is 10.1 Å². The summed E-state index contributed by atoms with van der Waals surface area (Å²) in [6.45, 7) is 2.04. The topological polar surface area (TPSA) is 85.4 Å². The van der Waals surface area contributed by atoms with E-state index in [1.54, 1.807) is 12.1 Å². The third-order valence-corrected chi connectivity index (χ3v) is 6.44. The number of nitrogens with one attached hydrogen (secondary N) is 1. The predicted octanol–water partition coefficient (Wildman–Crippen LogP) is 3.28. The molecule has 26 heavy (non-hydrogen) atoms. The smallest absolute Gasteiger partial charge is 0.241 e. The molecule has 136 valence electrons. The first-order valence-corrected chi connectivity index (χ1v) is 10.4. The third kappa shape index (κ3) is 3.86. The number of carbonyl (C=O) groups is 1. The number of anilines is 1. The summed E-state index contributed by atoms with van der Waals surface area (Å²) in [5.41, 5.74) is 1.93. The predicted molar refractivity (Wildman–Crippen MR) is 103 cm³/mol. The molecule has 3 rings (SSSR count). The normalized spacial score (nSPS) is 11.5. The van der Waals surface area contributed by atoms with E-state index in [1.165, 1.54) is 30.6 Å². The molecule has 1 amide bonds. The molecule has 0 saturated carbocycles. The Morgan fingerprint density at radius 2 is 1.92 bits per heavy atom. The Balaban J connectivity index is 1.75. The van der Waals surface area contributed by atoms with E-state index >= 15 is 0 Å². The van der Waals surface area contributed by atoms with Crippen LogP contribution in [0.4, 0.5) is 5.13 Å². The number of rotatable bonds is 6. The lowest BCUT2D eigenvalue weighted by atomic mass is 10.1. The van der Waals surface area contributed by atoms with Gasteiger partial charge in [-0.05, 0) is 42.3 Å². The molecule has 0 aliphatic rings. The van der Waals surface area contributed by atoms with E-state index in [4.69, 9.17) is 4.74 Å². The molecule has 1 heterocycles. The van der Waals surface area contributed by atoms with Crippen molar-refractivity contribution >= 4 is 42.4 Å². The van der Waals surface area contributed by atoms with Crippen LogP contribution in [0, 0.1) is 0 Å². The van der Waals surface area contributed by atoms with Crippen molar-refractivity contribution in [1.29, 1.82) is 0 Å². The van der Waals surface area contributed by atoms with E-state index in [0.29, 0.717) is 10.9 Å². The highest BCUT2D eigenvalue weighted by Crippen LogP contribution is 2.28. The van der Waals surface area contributed by atoms with Gasteiger partial charge in [0.25, 0.3) is 0 Å². The van der Waals surface area contributed by atoms with Crippen LogP contribution >= 0.6 is 11.3 Å². The van der Waals surface area contributed by atoms with E-state index in [1.807, 2.05) is 25.1 Å². The number of ether oxygens (including phenoxy) is 1. The van der Waals surface area contributed by atoms with Crippen molar-refractivity contribution in [1.82, 2.24) is 4.98 Å². The highest BCUT2D eigenvalue weighted by Gasteiger charge is 2.20. The molecule has 8 heteroatoms. The van der Waals surface area contributed by atoms with Crippen LogP contribution in [0.5, 0.6) is 5.75 Å². The van der Waals surface area contributed by atoms with Gasteiger partial charge in [0.05, 0.1) is 22.2 Å². The number of methoxy groups -OCH3 is 1. The van der Waals surface area contributed by atoms with E-state index < -0.39 is 21.5 Å². The summed E-state index contributed by atoms with van der Waals surface area (Å²) in [6, 6.07) is 11.8. The zero-order chi connectivity index (χ0) is 18.7. The molecular formula is C18H18N2O4S2. The summed E-state index contributed by atoms with van der Waals surface area (Å²) in [7, 11) is -2.24. The number of fused-ring (bicyclic) bond motifs is 1. The van der Waals surface area contributed by atoms with Crippen LogP contribution in [0.1, 0.15) is 12.5 Å². The summed E-state index contributed by atoms with van der Waals surface area (Å²) in [4.78, 5) is 16.7. The lowest BCUT2D eigenvalue weighted by molar-refractivity contribution is -0.113. The molecular weight excluding hydrogens is 372 g/mol. The molecule has 2 aromatic carbocycles. The Morgan fingerprint density at radius 3 is 2.58 bits per heavy atom. The summed E-state index contributed by atoms with van der Waals surface area (Å²) in [5.74, 6) is -0.705. The zero-order valence-corrected chi connectivity index (χ0v) is 16.0. The number of aryl methyl sites for hydroxylation is 1. The number of hydrogen-bond acceptors (Lipinski definition) is 6. The first-order chi connectivity index (χ1) is 12.4. The number of para-hydroxylation sites is 1. The minimum Gasteiger partial charge on any atom is -0.497 e. The molecule has 0 spiro atoms. The van der Waals surface area contributed by atoms with Crippen LogP contribution in [0.2, 0.25) is 0 Å². The van der Waals surface area contributed by atoms with Gasteiger partial charge in [-0.3, -0.25) is 4.79 Å². The monoisotopic (exact) mass is 390 g/mol. The molecule has 0 bridgehead atoms. The quantitative estimate of drug-likeness (QED) is 0.698. The number of hydrogen-bond donors (Lipinski definition) is 1. The lowest BCUT2D eigenvalue weighted by Crippen LogP contribution is -2.22. The Hall–Kier alpha value is -2.45. The average Bonchev–Trinajstić information content (AvgIpc) is 3.03. The van der Waals surface area contributed by atoms with Crippen molar-refractivity contribution in [2.75, 3.05) is 18.2 Å². The molecule has 0 aliphatic heterocycles. The fourth-order valence-electron chi connectivity index (χ4n) is 2.54. The highest BCUT2D eigenvalue weighted by atomic mass is 32.2. The molecule has 0 fully saturated rings. The average molecular weight is 390 g/mol. The molecule has 0 aliphatic carbocycles. The van der Waals surface area contributed by atoms with Crippen LogP contribution in [0.3, 0.4) is 0 Å². The van der Waals surface area contributed by atoms with Gasteiger partial charge in [-0.2, -0.15) is 0 Å². The van der Waals surface area contributed by atoms with Gasteiger partial charge in [0, 0.05) is 0 Å². The maximum absolute atomic E-state index is 12.4. The van der Waals surface area contributed by atoms with Crippen molar-refractivity contribution in [3.63, 3.8) is 0 Å². The lowest BCUT2D eigenvalue weighted by Gasteiger charge is -2.05. The summed E-state index contributed by atoms with van der Waals surface area (Å²) < 4.78 is 30.7. The Kier molecular flexibility index (Phi) is 5.24. The number of aromatic nitrogens is 1. The first-order valence-electron chi connectivity index (χ1n) is 7.98. The maximum Gasteiger partial charge on any atom is 0.241 e. The SMILES string of the molecule is CCc1cccc2sc(NC(=O)CS(=O)(=O)c3ccc(OC)cc3)nc12. The van der Waals surface area contributed by atoms with Crippen molar-refractivity contribution in [3.8, 4) is 5.75 Å². The summed E-state index contributed by atoms with van der Waals surface area (Å²) in [6.07, 6.45) is 0.834. The fourth-order valence-corrected chi connectivity index (χ4v) is 4.60. The van der Waals surface area contributed by atoms with E-state index in [0.717, 1.165) is 22.2 Å². The van der Waals surface area contributed by atoms with Crippen molar-refractivity contribution < 1.29 is 17.9 Å². The Labute approximate surface area is 155 Å². The highest BCUT2D eigenvalue weighted by molar-refractivity contribution is 7.92. The second-order valence-corrected chi connectivity index (χ2v) is 8.64. The van der Waals surface area contributed by atoms with Gasteiger partial charge in [0.2, 0.25) is 5.91 Å². The summed E-state index contributed by atoms with van der Waals surface area (Å²) in [5, 5.41) is 2.99. The fraction of sp³-hybridized carbons (Fsp3) is 0.222. The van der Waals surface area contributed by atoms with Gasteiger partial charge in [-0.15, -0.1) is 0 Å². The molecule has 3 aromatic rings. The second kappa shape index (κ2) is 7.43. The number of sulfone groups is 1. The van der Waals surface area contributed by atoms with Crippen LogP contribution in [-0.2, 0) is 21.1 Å². The van der Waals surface area contributed by atoms with Crippen LogP contribution in [-0.4, -0.2) is 32.2 Å². The Morgan fingerprint density at radius 1 is 1.19 bits per heavy atom. The minimum absolute atomic E-state index is 0.0750. The van der Waals surface area contributed by atoms with Crippen molar-refractivity contribution in [2.24, 2.45) is 0 Å². The zero-order valence-electron chi connectivity index (χ0n) is 14.4. The number of thiazole rings is 1. The first kappa shape index (κ1) is 18.3. The number of amides is 1.